The van der Waals surface area contributed by atoms with Gasteiger partial charge in [-0.25, -0.2) is 0 Å². The van der Waals surface area contributed by atoms with Crippen molar-refractivity contribution in [3.63, 3.8) is 0 Å². The predicted octanol–water partition coefficient (Wildman–Crippen LogP) is 2.51. The van der Waals surface area contributed by atoms with Gasteiger partial charge in [0, 0.05) is 0 Å². The van der Waals surface area contributed by atoms with E-state index in [1.54, 1.807) is 19.1 Å². The second-order valence-electron chi connectivity index (χ2n) is 3.06. The zero-order valence-corrected chi connectivity index (χ0v) is 9.19. The molecule has 0 spiro atoms. The van der Waals surface area contributed by atoms with E-state index in [0.29, 0.717) is 12.0 Å². The van der Waals surface area contributed by atoms with Crippen molar-refractivity contribution in [3.05, 3.63) is 29.8 Å². The molecule has 0 saturated carbocycles. The fourth-order valence-electron chi connectivity index (χ4n) is 1.13. The third-order valence-electron chi connectivity index (χ3n) is 1.95. The fraction of sp³-hybridized carbons (Fsp3) is 0.333. The normalized spacial score (nSPS) is 12.5. The summed E-state index contributed by atoms with van der Waals surface area (Å²) in [5, 5.41) is 0. The van der Waals surface area contributed by atoms with Gasteiger partial charge in [0.05, 0.1) is 5.69 Å². The molecule has 0 atom stereocenters. The van der Waals surface area contributed by atoms with Crippen LogP contribution >= 0.6 is 0 Å². The van der Waals surface area contributed by atoms with Crippen LogP contribution in [0.25, 0.3) is 0 Å². The van der Waals surface area contributed by atoms with E-state index < -0.39 is 15.5 Å². The van der Waals surface area contributed by atoms with Crippen LogP contribution in [0.3, 0.4) is 0 Å². The number of hydrogen-bond acceptors (Lipinski definition) is 2. The second kappa shape index (κ2) is 4.32. The predicted molar refractivity (Wildman–Crippen MR) is 54.4 cm³/mol. The molecule has 3 nitrogen and oxygen atoms in total. The number of alkyl halides is 3. The molecule has 1 aromatic carbocycles. The van der Waals surface area contributed by atoms with E-state index >= 15 is 0 Å². The molecule has 0 saturated heterocycles. The van der Waals surface area contributed by atoms with Crippen LogP contribution in [0, 0.1) is 0 Å². The Bertz CT molecular complexity index is 468. The SMILES string of the molecule is CCc1ccccc1NS(=O)(=O)C(F)(F)F. The smallest absolute Gasteiger partial charge is 0.276 e. The lowest BCUT2D eigenvalue weighted by Gasteiger charge is -2.13. The quantitative estimate of drug-likeness (QED) is 0.899. The van der Waals surface area contributed by atoms with Crippen LogP contribution in [0.15, 0.2) is 24.3 Å². The molecule has 0 aliphatic heterocycles. The molecule has 0 amide bonds. The summed E-state index contributed by atoms with van der Waals surface area (Å²) in [4.78, 5) is 0. The van der Waals surface area contributed by atoms with Crippen LogP contribution in [0.5, 0.6) is 0 Å². The third kappa shape index (κ3) is 2.66. The minimum absolute atomic E-state index is 0.0395. The Hall–Kier alpha value is -1.24. The minimum Gasteiger partial charge on any atom is -0.276 e. The zero-order valence-electron chi connectivity index (χ0n) is 8.38. The summed E-state index contributed by atoms with van der Waals surface area (Å²) >= 11 is 0. The Morgan fingerprint density at radius 3 is 2.31 bits per heavy atom. The van der Waals surface area contributed by atoms with Crippen molar-refractivity contribution in [1.29, 1.82) is 0 Å². The molecule has 0 aliphatic rings. The van der Waals surface area contributed by atoms with Crippen LogP contribution in [0.2, 0.25) is 0 Å². The lowest BCUT2D eigenvalue weighted by atomic mass is 10.1. The van der Waals surface area contributed by atoms with Gasteiger partial charge in [0.1, 0.15) is 0 Å². The maximum Gasteiger partial charge on any atom is 0.516 e. The maximum absolute atomic E-state index is 12.1. The number of sulfonamides is 1. The second-order valence-corrected chi connectivity index (χ2v) is 4.74. The Morgan fingerprint density at radius 2 is 1.81 bits per heavy atom. The summed E-state index contributed by atoms with van der Waals surface area (Å²) in [6, 6.07) is 5.95. The van der Waals surface area contributed by atoms with Crippen molar-refractivity contribution >= 4 is 15.7 Å². The highest BCUT2D eigenvalue weighted by Crippen LogP contribution is 2.26. The van der Waals surface area contributed by atoms with Crippen LogP contribution in [-0.2, 0) is 16.4 Å². The van der Waals surface area contributed by atoms with Crippen molar-refractivity contribution in [2.45, 2.75) is 18.9 Å². The van der Waals surface area contributed by atoms with Crippen LogP contribution in [0.1, 0.15) is 12.5 Å². The van der Waals surface area contributed by atoms with Crippen molar-refractivity contribution in [1.82, 2.24) is 0 Å². The van der Waals surface area contributed by atoms with Crippen LogP contribution < -0.4 is 4.72 Å². The summed E-state index contributed by atoms with van der Waals surface area (Å²) in [6.07, 6.45) is 0.441. The van der Waals surface area contributed by atoms with Gasteiger partial charge in [0.2, 0.25) is 0 Å². The first kappa shape index (κ1) is 12.8. The van der Waals surface area contributed by atoms with Gasteiger partial charge in [0.15, 0.2) is 0 Å². The van der Waals surface area contributed by atoms with E-state index in [-0.39, 0.29) is 5.69 Å². The lowest BCUT2D eigenvalue weighted by Crippen LogP contribution is -2.30. The molecule has 1 aromatic rings. The molecule has 0 radical (unpaired) electrons. The molecule has 7 heteroatoms. The van der Waals surface area contributed by atoms with Gasteiger partial charge in [-0.3, -0.25) is 4.72 Å². The van der Waals surface area contributed by atoms with E-state index in [9.17, 15) is 21.6 Å². The summed E-state index contributed by atoms with van der Waals surface area (Å²) in [5.41, 5.74) is -4.83. The molecule has 90 valence electrons. The first-order valence-corrected chi connectivity index (χ1v) is 5.93. The Labute approximate surface area is 91.3 Å². The monoisotopic (exact) mass is 253 g/mol. The minimum atomic E-state index is -5.33. The first-order valence-electron chi connectivity index (χ1n) is 4.45. The molecule has 0 unspecified atom stereocenters. The van der Waals surface area contributed by atoms with Crippen LogP contribution in [-0.4, -0.2) is 13.9 Å². The van der Waals surface area contributed by atoms with Crippen molar-refractivity contribution in [3.8, 4) is 0 Å². The van der Waals surface area contributed by atoms with Crippen molar-refractivity contribution in [2.24, 2.45) is 0 Å². The highest BCUT2D eigenvalue weighted by atomic mass is 32.2. The van der Waals surface area contributed by atoms with E-state index in [1.165, 1.54) is 16.9 Å². The first-order chi connectivity index (χ1) is 7.28. The van der Waals surface area contributed by atoms with Crippen molar-refractivity contribution in [2.75, 3.05) is 4.72 Å². The highest BCUT2D eigenvalue weighted by molar-refractivity contribution is 7.93. The molecule has 0 bridgehead atoms. The van der Waals surface area contributed by atoms with Gasteiger partial charge in [-0.1, -0.05) is 25.1 Å². The number of para-hydroxylation sites is 1. The van der Waals surface area contributed by atoms with E-state index in [4.69, 9.17) is 0 Å². The lowest BCUT2D eigenvalue weighted by molar-refractivity contribution is -0.0429. The molecule has 0 aromatic heterocycles. The molecule has 1 N–H and O–H groups in total. The number of aryl methyl sites for hydroxylation is 1. The highest BCUT2D eigenvalue weighted by Gasteiger charge is 2.46. The van der Waals surface area contributed by atoms with E-state index in [1.807, 2.05) is 0 Å². The molecule has 0 fully saturated rings. The van der Waals surface area contributed by atoms with E-state index in [2.05, 4.69) is 0 Å². The van der Waals surface area contributed by atoms with Gasteiger partial charge in [-0.05, 0) is 18.1 Å². The Morgan fingerprint density at radius 1 is 1.25 bits per heavy atom. The van der Waals surface area contributed by atoms with E-state index in [0.717, 1.165) is 0 Å². The number of halogens is 3. The van der Waals surface area contributed by atoms with Gasteiger partial charge in [0.25, 0.3) is 0 Å². The van der Waals surface area contributed by atoms with Gasteiger partial charge >= 0.3 is 15.5 Å². The van der Waals surface area contributed by atoms with Gasteiger partial charge < -0.3 is 0 Å². The molecule has 16 heavy (non-hydrogen) atoms. The molecular formula is C9H10F3NO2S. The average Bonchev–Trinajstić information content (AvgIpc) is 2.16. The van der Waals surface area contributed by atoms with Crippen LogP contribution in [0.4, 0.5) is 18.9 Å². The van der Waals surface area contributed by atoms with Gasteiger partial charge in [-0.2, -0.15) is 21.6 Å². The molecule has 0 aliphatic carbocycles. The topological polar surface area (TPSA) is 46.2 Å². The molecular weight excluding hydrogens is 243 g/mol. The summed E-state index contributed by atoms with van der Waals surface area (Å²) in [5.74, 6) is 0. The Balaban J connectivity index is 3.06. The number of benzene rings is 1. The van der Waals surface area contributed by atoms with Crippen molar-refractivity contribution < 1.29 is 21.6 Å². The molecule has 0 heterocycles. The maximum atomic E-state index is 12.1. The number of anilines is 1. The number of rotatable bonds is 3. The summed E-state index contributed by atoms with van der Waals surface area (Å²) in [6.45, 7) is 1.72. The largest absolute Gasteiger partial charge is 0.516 e. The third-order valence-corrected chi connectivity index (χ3v) is 3.05. The standard InChI is InChI=1S/C9H10F3NO2S/c1-2-7-5-3-4-6-8(7)13-16(14,15)9(10,11)12/h3-6,13H,2H2,1H3. The summed E-state index contributed by atoms with van der Waals surface area (Å²) in [7, 11) is -5.33. The molecule has 1 rings (SSSR count). The Kier molecular flexibility index (Phi) is 3.47. The summed E-state index contributed by atoms with van der Waals surface area (Å²) < 4.78 is 59.5. The van der Waals surface area contributed by atoms with Gasteiger partial charge in [-0.15, -0.1) is 0 Å². The number of hydrogen-bond donors (Lipinski definition) is 1. The average molecular weight is 253 g/mol. The zero-order chi connectivity index (χ0) is 12.4. The number of nitrogens with one attached hydrogen (secondary N) is 1. The fourth-order valence-corrected chi connectivity index (χ4v) is 1.74.